The number of hydrogen-bond acceptors (Lipinski definition) is 6. The van der Waals surface area contributed by atoms with Crippen LogP contribution in [-0.4, -0.2) is 36.2 Å². The Morgan fingerprint density at radius 1 is 1.33 bits per heavy atom. The molecule has 0 saturated carbocycles. The number of benzene rings is 1. The van der Waals surface area contributed by atoms with E-state index < -0.39 is 11.6 Å². The lowest BCUT2D eigenvalue weighted by Gasteiger charge is -2.33. The van der Waals surface area contributed by atoms with Crippen molar-refractivity contribution in [2.45, 2.75) is 58.5 Å². The molecule has 0 spiro atoms. The summed E-state index contributed by atoms with van der Waals surface area (Å²) in [7, 11) is 1.54. The maximum atomic E-state index is 12.7. The Bertz CT molecular complexity index is 1050. The zero-order chi connectivity index (χ0) is 22.1. The summed E-state index contributed by atoms with van der Waals surface area (Å²) in [6.45, 7) is 6.01. The van der Waals surface area contributed by atoms with Crippen LogP contribution in [0.5, 0.6) is 11.5 Å². The molecule has 30 heavy (non-hydrogen) atoms. The van der Waals surface area contributed by atoms with E-state index in [1.54, 1.807) is 13.0 Å². The van der Waals surface area contributed by atoms with Gasteiger partial charge >= 0.3 is 11.6 Å². The minimum absolute atomic E-state index is 0.0292. The first kappa shape index (κ1) is 21.7. The SMILES string of the molecule is COc1cc2c(c3oc(=O)c(CC(=O)NCCCC(=O)O)c(C)c13)CCC(C)(C)O2. The quantitative estimate of drug-likeness (QED) is 0.526. The van der Waals surface area contributed by atoms with E-state index in [0.717, 1.165) is 12.0 Å². The molecular weight excluding hydrogens is 390 g/mol. The Balaban J connectivity index is 1.96. The third-order valence-electron chi connectivity index (χ3n) is 5.39. The van der Waals surface area contributed by atoms with Gasteiger partial charge in [0.2, 0.25) is 5.91 Å². The number of aryl methyl sites for hydroxylation is 2. The lowest BCUT2D eigenvalue weighted by atomic mass is 9.91. The van der Waals surface area contributed by atoms with Gasteiger partial charge in [-0.1, -0.05) is 0 Å². The van der Waals surface area contributed by atoms with Gasteiger partial charge in [0.25, 0.3) is 0 Å². The summed E-state index contributed by atoms with van der Waals surface area (Å²) >= 11 is 0. The number of nitrogens with one attached hydrogen (secondary N) is 1. The van der Waals surface area contributed by atoms with E-state index >= 15 is 0 Å². The number of aliphatic carboxylic acids is 1. The fourth-order valence-electron chi connectivity index (χ4n) is 3.74. The molecule has 0 radical (unpaired) electrons. The van der Waals surface area contributed by atoms with Crippen LogP contribution in [0, 0.1) is 6.92 Å². The molecule has 162 valence electrons. The normalized spacial score (nSPS) is 14.7. The second kappa shape index (κ2) is 8.38. The van der Waals surface area contributed by atoms with E-state index in [1.807, 2.05) is 13.8 Å². The number of carbonyl (C=O) groups is 2. The zero-order valence-electron chi connectivity index (χ0n) is 17.7. The Hall–Kier alpha value is -3.03. The topological polar surface area (TPSA) is 115 Å². The molecule has 0 saturated heterocycles. The number of ether oxygens (including phenoxy) is 2. The first-order chi connectivity index (χ1) is 14.1. The predicted octanol–water partition coefficient (Wildman–Crippen LogP) is 2.74. The molecule has 0 atom stereocenters. The van der Waals surface area contributed by atoms with E-state index in [-0.39, 0.29) is 36.5 Å². The minimum atomic E-state index is -0.918. The van der Waals surface area contributed by atoms with E-state index in [1.165, 1.54) is 7.11 Å². The van der Waals surface area contributed by atoms with E-state index in [2.05, 4.69) is 5.32 Å². The smallest absolute Gasteiger partial charge is 0.340 e. The fraction of sp³-hybridized carbons (Fsp3) is 0.500. The average molecular weight is 417 g/mol. The van der Waals surface area contributed by atoms with Gasteiger partial charge in [0.05, 0.1) is 24.5 Å². The van der Waals surface area contributed by atoms with Gasteiger partial charge in [-0.2, -0.15) is 0 Å². The van der Waals surface area contributed by atoms with E-state index in [4.69, 9.17) is 19.0 Å². The molecule has 1 aromatic carbocycles. The molecule has 1 aromatic heterocycles. The molecule has 1 amide bonds. The van der Waals surface area contributed by atoms with Gasteiger partial charge in [0.15, 0.2) is 0 Å². The molecule has 0 aliphatic carbocycles. The van der Waals surface area contributed by atoms with Gasteiger partial charge in [-0.25, -0.2) is 4.79 Å². The van der Waals surface area contributed by atoms with Crippen molar-refractivity contribution in [3.8, 4) is 11.5 Å². The number of fused-ring (bicyclic) bond motifs is 3. The molecule has 3 rings (SSSR count). The van der Waals surface area contributed by atoms with Crippen LogP contribution < -0.4 is 20.4 Å². The van der Waals surface area contributed by atoms with Crippen LogP contribution in [-0.2, 0) is 22.4 Å². The van der Waals surface area contributed by atoms with Crippen LogP contribution in [0.3, 0.4) is 0 Å². The van der Waals surface area contributed by atoms with Gasteiger partial charge in [-0.15, -0.1) is 0 Å². The molecule has 0 bridgehead atoms. The summed E-state index contributed by atoms with van der Waals surface area (Å²) in [4.78, 5) is 35.5. The molecule has 2 N–H and O–H groups in total. The third kappa shape index (κ3) is 4.42. The maximum absolute atomic E-state index is 12.7. The van der Waals surface area contributed by atoms with E-state index in [9.17, 15) is 14.4 Å². The van der Waals surface area contributed by atoms with Crippen molar-refractivity contribution in [1.29, 1.82) is 0 Å². The van der Waals surface area contributed by atoms with Crippen LogP contribution in [0.4, 0.5) is 0 Å². The summed E-state index contributed by atoms with van der Waals surface area (Å²) in [5, 5.41) is 12.0. The summed E-state index contributed by atoms with van der Waals surface area (Å²) in [5.41, 5.74) is 1.27. The van der Waals surface area contributed by atoms with Crippen LogP contribution >= 0.6 is 0 Å². The number of carboxylic acids is 1. The average Bonchev–Trinajstić information content (AvgIpc) is 2.66. The van der Waals surface area contributed by atoms with Crippen molar-refractivity contribution in [2.24, 2.45) is 0 Å². The molecule has 8 nitrogen and oxygen atoms in total. The fourth-order valence-corrected chi connectivity index (χ4v) is 3.74. The molecule has 1 aliphatic rings. The lowest BCUT2D eigenvalue weighted by molar-refractivity contribution is -0.137. The minimum Gasteiger partial charge on any atom is -0.496 e. The van der Waals surface area contributed by atoms with Crippen LogP contribution in [0.15, 0.2) is 15.3 Å². The highest BCUT2D eigenvalue weighted by molar-refractivity contribution is 5.93. The number of methoxy groups -OCH3 is 1. The second-order valence-corrected chi connectivity index (χ2v) is 8.14. The van der Waals surface area contributed by atoms with Crippen LogP contribution in [0.1, 0.15) is 49.8 Å². The maximum Gasteiger partial charge on any atom is 0.340 e. The summed E-state index contributed by atoms with van der Waals surface area (Å²) in [6.07, 6.45) is 1.63. The molecule has 2 heterocycles. The highest BCUT2D eigenvalue weighted by Gasteiger charge is 2.31. The van der Waals surface area contributed by atoms with Gasteiger partial charge in [0.1, 0.15) is 22.7 Å². The zero-order valence-corrected chi connectivity index (χ0v) is 17.7. The van der Waals surface area contributed by atoms with Gasteiger partial charge in [-0.05, 0) is 45.6 Å². The van der Waals surface area contributed by atoms with Crippen molar-refractivity contribution in [3.05, 3.63) is 33.2 Å². The van der Waals surface area contributed by atoms with Crippen LogP contribution in [0.25, 0.3) is 11.0 Å². The standard InChI is InChI=1S/C22H27NO7/c1-12-14(10-17(24)23-9-5-6-18(25)26)21(27)29-20-13-7-8-22(2,3)30-15(13)11-16(28-4)19(12)20/h11H,5-10H2,1-4H3,(H,23,24)(H,25,26). The Labute approximate surface area is 174 Å². The summed E-state index contributed by atoms with van der Waals surface area (Å²) < 4.78 is 17.3. The Morgan fingerprint density at radius 3 is 2.73 bits per heavy atom. The van der Waals surface area contributed by atoms with Gasteiger partial charge in [-0.3, -0.25) is 9.59 Å². The number of carboxylic acid groups (broad SMARTS) is 1. The molecule has 8 heteroatoms. The van der Waals surface area contributed by atoms with Crippen molar-refractivity contribution in [1.82, 2.24) is 5.32 Å². The molecule has 1 aliphatic heterocycles. The Morgan fingerprint density at radius 2 is 2.07 bits per heavy atom. The van der Waals surface area contributed by atoms with Crippen molar-refractivity contribution >= 4 is 22.8 Å². The summed E-state index contributed by atoms with van der Waals surface area (Å²) in [5.74, 6) is -0.122. The molecular formula is C22H27NO7. The monoisotopic (exact) mass is 417 g/mol. The van der Waals surface area contributed by atoms with Gasteiger partial charge in [0, 0.05) is 24.6 Å². The lowest BCUT2D eigenvalue weighted by Crippen LogP contribution is -2.33. The molecule has 0 unspecified atom stereocenters. The van der Waals surface area contributed by atoms with Crippen molar-refractivity contribution in [3.63, 3.8) is 0 Å². The number of hydrogen-bond donors (Lipinski definition) is 2. The number of carbonyl (C=O) groups excluding carboxylic acids is 1. The summed E-state index contributed by atoms with van der Waals surface area (Å²) in [6, 6.07) is 1.81. The number of amides is 1. The van der Waals surface area contributed by atoms with Crippen molar-refractivity contribution < 1.29 is 28.6 Å². The highest BCUT2D eigenvalue weighted by atomic mass is 16.5. The highest BCUT2D eigenvalue weighted by Crippen LogP contribution is 2.43. The largest absolute Gasteiger partial charge is 0.496 e. The number of rotatable bonds is 7. The molecule has 0 fully saturated rings. The Kier molecular flexibility index (Phi) is 6.05. The van der Waals surface area contributed by atoms with Crippen LogP contribution in [0.2, 0.25) is 0 Å². The third-order valence-corrected chi connectivity index (χ3v) is 5.39. The second-order valence-electron chi connectivity index (χ2n) is 8.14. The van der Waals surface area contributed by atoms with Crippen molar-refractivity contribution in [2.75, 3.05) is 13.7 Å². The first-order valence-electron chi connectivity index (χ1n) is 9.96. The molecule has 2 aromatic rings. The predicted molar refractivity (Wildman–Crippen MR) is 110 cm³/mol. The van der Waals surface area contributed by atoms with Gasteiger partial charge < -0.3 is 24.3 Å². The first-order valence-corrected chi connectivity index (χ1v) is 9.96. The van der Waals surface area contributed by atoms with E-state index in [0.29, 0.717) is 40.9 Å².